The van der Waals surface area contributed by atoms with Crippen molar-refractivity contribution >= 4 is 0 Å². The molecule has 1 aliphatic rings. The van der Waals surface area contributed by atoms with Crippen molar-refractivity contribution in [2.45, 2.75) is 31.5 Å². The summed E-state index contributed by atoms with van der Waals surface area (Å²) in [6, 6.07) is 0. The van der Waals surface area contributed by atoms with Crippen LogP contribution in [-0.4, -0.2) is 41.9 Å². The molecule has 0 amide bonds. The smallest absolute Gasteiger partial charge is 0.389 e. The van der Waals surface area contributed by atoms with Gasteiger partial charge in [-0.05, 0) is 19.4 Å². The van der Waals surface area contributed by atoms with Crippen LogP contribution in [0.2, 0.25) is 0 Å². The Labute approximate surface area is 75.3 Å². The molecule has 13 heavy (non-hydrogen) atoms. The van der Waals surface area contributed by atoms with E-state index in [9.17, 15) is 13.2 Å². The third-order valence-corrected chi connectivity index (χ3v) is 2.18. The summed E-state index contributed by atoms with van der Waals surface area (Å²) >= 11 is 0. The highest BCUT2D eigenvalue weighted by atomic mass is 19.4. The number of alkyl halides is 3. The van der Waals surface area contributed by atoms with E-state index >= 15 is 0 Å². The molecule has 0 aromatic carbocycles. The van der Waals surface area contributed by atoms with Crippen LogP contribution in [0.3, 0.4) is 0 Å². The molecule has 1 heterocycles. The molecular formula is C8H14F3NO. The van der Waals surface area contributed by atoms with Gasteiger partial charge < -0.3 is 10.0 Å². The minimum atomic E-state index is -4.04. The van der Waals surface area contributed by atoms with Crippen molar-refractivity contribution in [3.63, 3.8) is 0 Å². The first kappa shape index (κ1) is 10.8. The molecule has 0 radical (unpaired) electrons. The second-order valence-electron chi connectivity index (χ2n) is 3.46. The second-order valence-corrected chi connectivity index (χ2v) is 3.46. The molecule has 0 spiro atoms. The maximum absolute atomic E-state index is 11.7. The molecule has 2 nitrogen and oxygen atoms in total. The molecule has 0 unspecified atom stereocenters. The molecule has 5 heteroatoms. The standard InChI is InChI=1S/C8H14F3NO/c9-8(10,11)3-1-4-12-5-2-7(13)6-12/h7,13H,1-6H2/t7-/m0/s1. The number of hydrogen-bond acceptors (Lipinski definition) is 2. The van der Waals surface area contributed by atoms with Gasteiger partial charge in [0.15, 0.2) is 0 Å². The minimum Gasteiger partial charge on any atom is -0.392 e. The number of nitrogens with zero attached hydrogens (tertiary/aromatic N) is 1. The quantitative estimate of drug-likeness (QED) is 0.739. The van der Waals surface area contributed by atoms with Crippen molar-refractivity contribution in [3.05, 3.63) is 0 Å². The first-order valence-corrected chi connectivity index (χ1v) is 4.44. The van der Waals surface area contributed by atoms with Crippen LogP contribution >= 0.6 is 0 Å². The van der Waals surface area contributed by atoms with E-state index in [0.29, 0.717) is 19.5 Å². The molecule has 1 rings (SSSR count). The Bertz CT molecular complexity index is 160. The lowest BCUT2D eigenvalue weighted by Crippen LogP contribution is -2.24. The summed E-state index contributed by atoms with van der Waals surface area (Å²) in [6.45, 7) is 1.69. The lowest BCUT2D eigenvalue weighted by Gasteiger charge is -2.14. The Kier molecular flexibility index (Phi) is 3.55. The Morgan fingerprint density at radius 1 is 1.38 bits per heavy atom. The van der Waals surface area contributed by atoms with E-state index in [1.54, 1.807) is 0 Å². The number of hydrogen-bond donors (Lipinski definition) is 1. The lowest BCUT2D eigenvalue weighted by atomic mass is 10.3. The molecule has 1 saturated heterocycles. The van der Waals surface area contributed by atoms with Gasteiger partial charge in [0, 0.05) is 19.5 Å². The molecule has 78 valence electrons. The van der Waals surface area contributed by atoms with Crippen molar-refractivity contribution in [3.8, 4) is 0 Å². The monoisotopic (exact) mass is 197 g/mol. The van der Waals surface area contributed by atoms with Crippen LogP contribution in [0.5, 0.6) is 0 Å². The number of likely N-dealkylation sites (tertiary alicyclic amines) is 1. The summed E-state index contributed by atoms with van der Waals surface area (Å²) in [4.78, 5) is 1.87. The largest absolute Gasteiger partial charge is 0.392 e. The average molecular weight is 197 g/mol. The van der Waals surface area contributed by atoms with E-state index in [0.717, 1.165) is 6.54 Å². The highest BCUT2D eigenvalue weighted by molar-refractivity contribution is 4.74. The Morgan fingerprint density at radius 2 is 2.08 bits per heavy atom. The highest BCUT2D eigenvalue weighted by Crippen LogP contribution is 2.22. The van der Waals surface area contributed by atoms with E-state index in [1.165, 1.54) is 0 Å². The Morgan fingerprint density at radius 3 is 2.54 bits per heavy atom. The number of aliphatic hydroxyl groups is 1. The number of aliphatic hydroxyl groups excluding tert-OH is 1. The Hall–Kier alpha value is -0.290. The average Bonchev–Trinajstić information content (AvgIpc) is 2.33. The van der Waals surface area contributed by atoms with Crippen molar-refractivity contribution in [1.82, 2.24) is 4.90 Å². The first-order chi connectivity index (χ1) is 5.97. The zero-order valence-electron chi connectivity index (χ0n) is 7.35. The molecular weight excluding hydrogens is 183 g/mol. The van der Waals surface area contributed by atoms with Crippen molar-refractivity contribution in [1.29, 1.82) is 0 Å². The zero-order valence-corrected chi connectivity index (χ0v) is 7.35. The van der Waals surface area contributed by atoms with Crippen LogP contribution in [-0.2, 0) is 0 Å². The fourth-order valence-electron chi connectivity index (χ4n) is 1.52. The van der Waals surface area contributed by atoms with Gasteiger partial charge in [-0.15, -0.1) is 0 Å². The van der Waals surface area contributed by atoms with Gasteiger partial charge in [-0.2, -0.15) is 13.2 Å². The summed E-state index contributed by atoms with van der Waals surface area (Å²) in [7, 11) is 0. The summed E-state index contributed by atoms with van der Waals surface area (Å²) in [5.74, 6) is 0. The van der Waals surface area contributed by atoms with Gasteiger partial charge >= 0.3 is 6.18 Å². The summed E-state index contributed by atoms with van der Waals surface area (Å²) < 4.78 is 35.2. The van der Waals surface area contributed by atoms with Gasteiger partial charge in [0.2, 0.25) is 0 Å². The molecule has 0 saturated carbocycles. The summed E-state index contributed by atoms with van der Waals surface area (Å²) in [5, 5.41) is 9.09. The van der Waals surface area contributed by atoms with Gasteiger partial charge in [0.25, 0.3) is 0 Å². The van der Waals surface area contributed by atoms with Gasteiger partial charge in [-0.25, -0.2) is 0 Å². The molecule has 0 aromatic rings. The Balaban J connectivity index is 2.07. The second kappa shape index (κ2) is 4.28. The highest BCUT2D eigenvalue weighted by Gasteiger charge is 2.27. The number of halogens is 3. The lowest BCUT2D eigenvalue weighted by molar-refractivity contribution is -0.136. The third kappa shape index (κ3) is 4.47. The van der Waals surface area contributed by atoms with E-state index in [2.05, 4.69) is 0 Å². The normalized spacial score (nSPS) is 25.4. The fourth-order valence-corrected chi connectivity index (χ4v) is 1.52. The third-order valence-electron chi connectivity index (χ3n) is 2.18. The topological polar surface area (TPSA) is 23.5 Å². The minimum absolute atomic E-state index is 0.135. The maximum Gasteiger partial charge on any atom is 0.389 e. The molecule has 0 bridgehead atoms. The van der Waals surface area contributed by atoms with Crippen LogP contribution in [0.4, 0.5) is 13.2 Å². The predicted molar refractivity (Wildman–Crippen MR) is 42.4 cm³/mol. The van der Waals surface area contributed by atoms with Gasteiger partial charge in [0.1, 0.15) is 0 Å². The maximum atomic E-state index is 11.7. The van der Waals surface area contributed by atoms with Crippen LogP contribution < -0.4 is 0 Å². The summed E-state index contributed by atoms with van der Waals surface area (Å²) in [5.41, 5.74) is 0. The van der Waals surface area contributed by atoms with E-state index in [1.807, 2.05) is 4.90 Å². The first-order valence-electron chi connectivity index (χ1n) is 4.44. The molecule has 1 N–H and O–H groups in total. The van der Waals surface area contributed by atoms with Crippen molar-refractivity contribution in [2.24, 2.45) is 0 Å². The van der Waals surface area contributed by atoms with Gasteiger partial charge in [-0.3, -0.25) is 0 Å². The number of β-amino-alcohol motifs (C(OH)–C–C–N with tert-alkyl or cyclic N) is 1. The van der Waals surface area contributed by atoms with Crippen molar-refractivity contribution in [2.75, 3.05) is 19.6 Å². The molecule has 0 aliphatic carbocycles. The predicted octanol–water partition coefficient (Wildman–Crippen LogP) is 1.40. The van der Waals surface area contributed by atoms with Crippen LogP contribution in [0, 0.1) is 0 Å². The van der Waals surface area contributed by atoms with Gasteiger partial charge in [0.05, 0.1) is 6.10 Å². The van der Waals surface area contributed by atoms with Crippen LogP contribution in [0.25, 0.3) is 0 Å². The van der Waals surface area contributed by atoms with E-state index in [4.69, 9.17) is 5.11 Å². The van der Waals surface area contributed by atoms with Gasteiger partial charge in [-0.1, -0.05) is 0 Å². The molecule has 1 fully saturated rings. The fraction of sp³-hybridized carbons (Fsp3) is 1.00. The zero-order chi connectivity index (χ0) is 9.90. The van der Waals surface area contributed by atoms with Crippen LogP contribution in [0.1, 0.15) is 19.3 Å². The molecule has 1 aliphatic heterocycles. The van der Waals surface area contributed by atoms with E-state index < -0.39 is 12.6 Å². The summed E-state index contributed by atoms with van der Waals surface area (Å²) in [6.07, 6.45) is -4.29. The molecule has 1 atom stereocenters. The van der Waals surface area contributed by atoms with Crippen molar-refractivity contribution < 1.29 is 18.3 Å². The van der Waals surface area contributed by atoms with Crippen LogP contribution in [0.15, 0.2) is 0 Å². The SMILES string of the molecule is O[C@H]1CCN(CCCC(F)(F)F)C1. The number of rotatable bonds is 3. The van der Waals surface area contributed by atoms with E-state index in [-0.39, 0.29) is 12.5 Å². The molecule has 0 aromatic heterocycles.